The summed E-state index contributed by atoms with van der Waals surface area (Å²) in [6.07, 6.45) is 0. The third-order valence-corrected chi connectivity index (χ3v) is 2.38. The summed E-state index contributed by atoms with van der Waals surface area (Å²) in [4.78, 5) is 22.9. The second kappa shape index (κ2) is 5.31. The van der Waals surface area contributed by atoms with Gasteiger partial charge in [-0.2, -0.15) is 0 Å². The van der Waals surface area contributed by atoms with Crippen molar-refractivity contribution in [2.75, 3.05) is 6.61 Å². The number of rotatable bonds is 3. The van der Waals surface area contributed by atoms with E-state index in [2.05, 4.69) is 0 Å². The molecule has 0 atom stereocenters. The van der Waals surface area contributed by atoms with Crippen LogP contribution in [-0.4, -0.2) is 12.6 Å². The largest absolute Gasteiger partial charge is 0.460 e. The first-order chi connectivity index (χ1) is 8.72. The Balaban J connectivity index is 2.54. The number of benzene rings is 1. The second-order valence-corrected chi connectivity index (χ2v) is 3.58. The number of ether oxygens (including phenoxy) is 1. The van der Waals surface area contributed by atoms with Crippen molar-refractivity contribution in [2.45, 2.75) is 6.92 Å². The lowest BCUT2D eigenvalue weighted by Gasteiger charge is -2.06. The van der Waals surface area contributed by atoms with Gasteiger partial charge in [0.15, 0.2) is 0 Å². The van der Waals surface area contributed by atoms with Crippen molar-refractivity contribution in [2.24, 2.45) is 0 Å². The van der Waals surface area contributed by atoms with Crippen molar-refractivity contribution in [3.05, 3.63) is 58.6 Å². The molecule has 0 aliphatic rings. The van der Waals surface area contributed by atoms with E-state index in [0.29, 0.717) is 5.56 Å². The van der Waals surface area contributed by atoms with Crippen molar-refractivity contribution < 1.29 is 13.9 Å². The Morgan fingerprint density at radius 1 is 1.17 bits per heavy atom. The Bertz CT molecular complexity index is 599. The molecule has 0 saturated heterocycles. The summed E-state index contributed by atoms with van der Waals surface area (Å²) in [5, 5.41) is 0. The van der Waals surface area contributed by atoms with E-state index >= 15 is 0 Å². The van der Waals surface area contributed by atoms with Crippen LogP contribution in [0.2, 0.25) is 0 Å². The van der Waals surface area contributed by atoms with Crippen LogP contribution in [0.3, 0.4) is 0 Å². The van der Waals surface area contributed by atoms with Gasteiger partial charge in [0.1, 0.15) is 0 Å². The smallest absolute Gasteiger partial charge is 0.375 e. The first kappa shape index (κ1) is 12.1. The van der Waals surface area contributed by atoms with Gasteiger partial charge in [-0.3, -0.25) is 0 Å². The van der Waals surface area contributed by atoms with Gasteiger partial charge < -0.3 is 9.15 Å². The van der Waals surface area contributed by atoms with Crippen LogP contribution >= 0.6 is 0 Å². The number of hydrogen-bond acceptors (Lipinski definition) is 4. The quantitative estimate of drug-likeness (QED) is 0.778. The van der Waals surface area contributed by atoms with Crippen LogP contribution in [0.4, 0.5) is 0 Å². The molecular weight excluding hydrogens is 232 g/mol. The highest BCUT2D eigenvalue weighted by atomic mass is 16.5. The van der Waals surface area contributed by atoms with E-state index < -0.39 is 11.6 Å². The van der Waals surface area contributed by atoms with E-state index in [-0.39, 0.29) is 12.4 Å². The summed E-state index contributed by atoms with van der Waals surface area (Å²) in [5.74, 6) is -0.690. The summed E-state index contributed by atoms with van der Waals surface area (Å²) in [6.45, 7) is 1.92. The first-order valence-electron chi connectivity index (χ1n) is 5.59. The average Bonchev–Trinajstić information content (AvgIpc) is 2.40. The minimum Gasteiger partial charge on any atom is -0.460 e. The zero-order valence-corrected chi connectivity index (χ0v) is 9.88. The summed E-state index contributed by atoms with van der Waals surface area (Å²) >= 11 is 0. The lowest BCUT2D eigenvalue weighted by atomic mass is 10.1. The second-order valence-electron chi connectivity index (χ2n) is 3.58. The predicted octanol–water partition coefficient (Wildman–Crippen LogP) is 2.48. The fourth-order valence-electron chi connectivity index (χ4n) is 1.61. The van der Waals surface area contributed by atoms with E-state index in [1.807, 2.05) is 30.3 Å². The fraction of sp³-hybridized carbons (Fsp3) is 0.143. The highest BCUT2D eigenvalue weighted by Crippen LogP contribution is 2.22. The van der Waals surface area contributed by atoms with Crippen LogP contribution in [0.1, 0.15) is 17.5 Å². The van der Waals surface area contributed by atoms with Gasteiger partial charge in [0.2, 0.25) is 5.76 Å². The lowest BCUT2D eigenvalue weighted by Crippen LogP contribution is -2.10. The molecule has 0 fully saturated rings. The van der Waals surface area contributed by atoms with Crippen molar-refractivity contribution in [3.63, 3.8) is 0 Å². The zero-order valence-electron chi connectivity index (χ0n) is 9.88. The maximum absolute atomic E-state index is 11.7. The maximum atomic E-state index is 11.7. The van der Waals surface area contributed by atoms with Gasteiger partial charge in [0.25, 0.3) is 0 Å². The van der Waals surface area contributed by atoms with Gasteiger partial charge in [-0.05, 0) is 18.6 Å². The molecule has 4 heteroatoms. The van der Waals surface area contributed by atoms with Crippen molar-refractivity contribution in [1.29, 1.82) is 0 Å². The number of esters is 1. The molecule has 0 spiro atoms. The van der Waals surface area contributed by atoms with Crippen LogP contribution in [0.25, 0.3) is 11.1 Å². The van der Waals surface area contributed by atoms with Crippen LogP contribution < -0.4 is 5.63 Å². The molecule has 0 aliphatic heterocycles. The minimum absolute atomic E-state index is 0.0597. The standard InChI is InChI=1S/C14H12O4/c1-2-17-14(16)13-11(8-9-12(15)18-13)10-6-4-3-5-7-10/h3-9H,2H2,1H3. The Morgan fingerprint density at radius 3 is 2.56 bits per heavy atom. The van der Waals surface area contributed by atoms with E-state index in [1.165, 1.54) is 6.07 Å². The Hall–Kier alpha value is -2.36. The van der Waals surface area contributed by atoms with Crippen LogP contribution in [0.15, 0.2) is 51.7 Å². The molecule has 0 radical (unpaired) electrons. The molecular formula is C14H12O4. The molecule has 0 N–H and O–H groups in total. The van der Waals surface area contributed by atoms with Gasteiger partial charge >= 0.3 is 11.6 Å². The Labute approximate surface area is 104 Å². The lowest BCUT2D eigenvalue weighted by molar-refractivity contribution is 0.0486. The summed E-state index contributed by atoms with van der Waals surface area (Å²) in [6, 6.07) is 12.1. The van der Waals surface area contributed by atoms with Crippen molar-refractivity contribution >= 4 is 5.97 Å². The van der Waals surface area contributed by atoms with Crippen LogP contribution in [-0.2, 0) is 4.74 Å². The molecule has 2 aromatic rings. The normalized spacial score (nSPS) is 10.1. The van der Waals surface area contributed by atoms with Gasteiger partial charge in [-0.1, -0.05) is 30.3 Å². The fourth-order valence-corrected chi connectivity index (χ4v) is 1.61. The molecule has 4 nitrogen and oxygen atoms in total. The number of hydrogen-bond donors (Lipinski definition) is 0. The third-order valence-electron chi connectivity index (χ3n) is 2.38. The first-order valence-corrected chi connectivity index (χ1v) is 5.59. The number of carbonyl (C=O) groups is 1. The molecule has 0 aliphatic carbocycles. The molecule has 1 aromatic heterocycles. The van der Waals surface area contributed by atoms with Gasteiger partial charge in [0, 0.05) is 11.6 Å². The maximum Gasteiger partial charge on any atom is 0.375 e. The summed E-state index contributed by atoms with van der Waals surface area (Å²) in [5.41, 5.74) is 0.774. The van der Waals surface area contributed by atoms with Crippen LogP contribution in [0, 0.1) is 0 Å². The monoisotopic (exact) mass is 244 g/mol. The van der Waals surface area contributed by atoms with E-state index in [1.54, 1.807) is 13.0 Å². The molecule has 2 rings (SSSR count). The molecule has 0 amide bonds. The van der Waals surface area contributed by atoms with Crippen molar-refractivity contribution in [3.8, 4) is 11.1 Å². The Kier molecular flexibility index (Phi) is 3.57. The molecule has 92 valence electrons. The highest BCUT2D eigenvalue weighted by Gasteiger charge is 2.17. The molecule has 0 unspecified atom stereocenters. The molecule has 0 bridgehead atoms. The third kappa shape index (κ3) is 2.48. The molecule has 1 aromatic carbocycles. The topological polar surface area (TPSA) is 56.5 Å². The van der Waals surface area contributed by atoms with E-state index in [9.17, 15) is 9.59 Å². The number of carbonyl (C=O) groups excluding carboxylic acids is 1. The highest BCUT2D eigenvalue weighted by molar-refractivity contribution is 5.94. The predicted molar refractivity (Wildman–Crippen MR) is 66.4 cm³/mol. The van der Waals surface area contributed by atoms with E-state index in [0.717, 1.165) is 5.56 Å². The molecule has 0 saturated carbocycles. The Morgan fingerprint density at radius 2 is 1.89 bits per heavy atom. The average molecular weight is 244 g/mol. The zero-order chi connectivity index (χ0) is 13.0. The van der Waals surface area contributed by atoms with Gasteiger partial charge in [0.05, 0.1) is 6.61 Å². The SMILES string of the molecule is CCOC(=O)c1oc(=O)ccc1-c1ccccc1. The van der Waals surface area contributed by atoms with E-state index in [4.69, 9.17) is 9.15 Å². The van der Waals surface area contributed by atoms with Crippen LogP contribution in [0.5, 0.6) is 0 Å². The summed E-state index contributed by atoms with van der Waals surface area (Å²) in [7, 11) is 0. The minimum atomic E-state index is -0.631. The van der Waals surface area contributed by atoms with Gasteiger partial charge in [-0.15, -0.1) is 0 Å². The molecule has 18 heavy (non-hydrogen) atoms. The van der Waals surface area contributed by atoms with Gasteiger partial charge in [-0.25, -0.2) is 9.59 Å². The summed E-state index contributed by atoms with van der Waals surface area (Å²) < 4.78 is 9.82. The molecule has 1 heterocycles. The van der Waals surface area contributed by atoms with Crippen molar-refractivity contribution in [1.82, 2.24) is 0 Å².